The molecular formula is C10H18N2OSi. The summed E-state index contributed by atoms with van der Waals surface area (Å²) in [6.45, 7) is 10.6. The van der Waals surface area contributed by atoms with Gasteiger partial charge in [0.2, 0.25) is 9.76 Å². The molecule has 0 saturated heterocycles. The molecule has 1 aromatic rings. The fourth-order valence-electron chi connectivity index (χ4n) is 0.927. The van der Waals surface area contributed by atoms with Crippen LogP contribution in [-0.4, -0.2) is 20.0 Å². The van der Waals surface area contributed by atoms with Gasteiger partial charge in [0.15, 0.2) is 0 Å². The molecule has 1 N–H and O–H groups in total. The van der Waals surface area contributed by atoms with Crippen LogP contribution in [-0.2, 0) is 10.0 Å². The van der Waals surface area contributed by atoms with Gasteiger partial charge in [0.25, 0.3) is 0 Å². The van der Waals surface area contributed by atoms with Gasteiger partial charge in [-0.25, -0.2) is 0 Å². The van der Waals surface area contributed by atoms with Crippen molar-refractivity contribution in [1.82, 2.24) is 10.2 Å². The Kier molecular flexibility index (Phi) is 3.16. The Morgan fingerprint density at radius 3 is 2.36 bits per heavy atom. The van der Waals surface area contributed by atoms with Crippen molar-refractivity contribution < 1.29 is 4.43 Å². The summed E-state index contributed by atoms with van der Waals surface area (Å²) < 4.78 is 5.89. The largest absolute Gasteiger partial charge is 0.406 e. The minimum Gasteiger partial charge on any atom is -0.406 e. The molecule has 1 aromatic heterocycles. The highest BCUT2D eigenvalue weighted by atomic mass is 28.2. The van der Waals surface area contributed by atoms with Crippen LogP contribution in [0.2, 0.25) is 5.04 Å². The van der Waals surface area contributed by atoms with Crippen molar-refractivity contribution >= 4 is 9.76 Å². The van der Waals surface area contributed by atoms with Crippen molar-refractivity contribution in [2.45, 2.75) is 45.3 Å². The summed E-state index contributed by atoms with van der Waals surface area (Å²) in [6, 6.07) is 1.95. The van der Waals surface area contributed by atoms with Gasteiger partial charge in [0, 0.05) is 6.20 Å². The minimum atomic E-state index is -0.276. The molecule has 1 rings (SSSR count). The van der Waals surface area contributed by atoms with Crippen molar-refractivity contribution in [2.24, 2.45) is 0 Å². The molecule has 0 saturated carbocycles. The van der Waals surface area contributed by atoms with Gasteiger partial charge in [-0.2, -0.15) is 5.10 Å². The van der Waals surface area contributed by atoms with Crippen LogP contribution in [0.4, 0.5) is 0 Å². The topological polar surface area (TPSA) is 37.9 Å². The minimum absolute atomic E-state index is 0.220. The van der Waals surface area contributed by atoms with E-state index >= 15 is 0 Å². The van der Waals surface area contributed by atoms with E-state index in [0.717, 1.165) is 5.69 Å². The van der Waals surface area contributed by atoms with Gasteiger partial charge in [-0.15, -0.1) is 0 Å². The number of hydrogen-bond acceptors (Lipinski definition) is 2. The fourth-order valence-corrected chi connectivity index (χ4v) is 1.60. The number of H-pyrrole nitrogens is 1. The van der Waals surface area contributed by atoms with Crippen molar-refractivity contribution in [2.75, 3.05) is 0 Å². The summed E-state index contributed by atoms with van der Waals surface area (Å²) in [5.74, 6) is 0. The Balaban J connectivity index is 2.59. The molecule has 0 spiro atoms. The van der Waals surface area contributed by atoms with E-state index < -0.39 is 0 Å². The maximum Gasteiger partial charge on any atom is 0.237 e. The lowest BCUT2D eigenvalue weighted by atomic mass is 10.1. The normalized spacial score (nSPS) is 13.2. The Morgan fingerprint density at radius 1 is 1.29 bits per heavy atom. The number of aromatic nitrogens is 2. The Hall–Kier alpha value is -0.613. The molecule has 0 unspecified atom stereocenters. The average molecular weight is 210 g/mol. The van der Waals surface area contributed by atoms with Gasteiger partial charge in [-0.1, -0.05) is 20.8 Å². The molecule has 0 amide bonds. The first-order valence-corrected chi connectivity index (χ1v) is 5.67. The molecule has 14 heavy (non-hydrogen) atoms. The molecule has 0 aliphatic heterocycles. The second kappa shape index (κ2) is 3.86. The third-order valence-electron chi connectivity index (χ3n) is 1.76. The fraction of sp³-hybridized carbons (Fsp3) is 0.700. The zero-order chi connectivity index (χ0) is 10.8. The van der Waals surface area contributed by atoms with E-state index in [1.165, 1.54) is 0 Å². The van der Waals surface area contributed by atoms with Gasteiger partial charge in [-0.3, -0.25) is 5.10 Å². The highest BCUT2D eigenvalue weighted by Crippen LogP contribution is 2.27. The number of rotatable bonds is 3. The molecule has 0 bridgehead atoms. The van der Waals surface area contributed by atoms with Gasteiger partial charge in [-0.05, 0) is 25.0 Å². The van der Waals surface area contributed by atoms with Crippen LogP contribution in [0.5, 0.6) is 0 Å². The van der Waals surface area contributed by atoms with Gasteiger partial charge < -0.3 is 4.43 Å². The van der Waals surface area contributed by atoms with E-state index in [1.807, 2.05) is 6.07 Å². The summed E-state index contributed by atoms with van der Waals surface area (Å²) >= 11 is 0. The van der Waals surface area contributed by atoms with E-state index in [1.54, 1.807) is 6.20 Å². The molecule has 0 aliphatic carbocycles. The summed E-state index contributed by atoms with van der Waals surface area (Å²) in [5, 5.41) is 7.09. The predicted molar refractivity (Wildman–Crippen MR) is 58.2 cm³/mol. The third kappa shape index (κ3) is 3.27. The van der Waals surface area contributed by atoms with E-state index in [-0.39, 0.29) is 10.6 Å². The summed E-state index contributed by atoms with van der Waals surface area (Å²) in [5.41, 5.74) is 0.747. The number of nitrogens with one attached hydrogen (secondary N) is 1. The number of aromatic amines is 1. The lowest BCUT2D eigenvalue weighted by molar-refractivity contribution is 0.104. The first kappa shape index (κ1) is 11.5. The van der Waals surface area contributed by atoms with Crippen LogP contribution >= 0.6 is 0 Å². The van der Waals surface area contributed by atoms with Crippen LogP contribution < -0.4 is 0 Å². The maximum atomic E-state index is 5.89. The molecule has 0 atom stereocenters. The maximum absolute atomic E-state index is 5.89. The highest BCUT2D eigenvalue weighted by molar-refractivity contribution is 6.31. The number of hydrogen-bond donors (Lipinski definition) is 1. The summed E-state index contributed by atoms with van der Waals surface area (Å²) in [7, 11) is 0.483. The second-order valence-corrected chi connectivity index (χ2v) is 6.84. The van der Waals surface area contributed by atoms with Gasteiger partial charge >= 0.3 is 0 Å². The number of nitrogens with zero attached hydrogens (tertiary/aromatic N) is 1. The molecule has 2 radical (unpaired) electrons. The van der Waals surface area contributed by atoms with E-state index in [4.69, 9.17) is 4.43 Å². The smallest absolute Gasteiger partial charge is 0.237 e. The van der Waals surface area contributed by atoms with Crippen LogP contribution in [0.3, 0.4) is 0 Å². The third-order valence-corrected chi connectivity index (χ3v) is 2.99. The van der Waals surface area contributed by atoms with Crippen LogP contribution in [0.15, 0.2) is 12.3 Å². The van der Waals surface area contributed by atoms with Crippen LogP contribution in [0, 0.1) is 0 Å². The van der Waals surface area contributed by atoms with Crippen LogP contribution in [0.1, 0.15) is 40.3 Å². The van der Waals surface area contributed by atoms with Crippen molar-refractivity contribution in [3.05, 3.63) is 18.0 Å². The summed E-state index contributed by atoms with van der Waals surface area (Å²) in [6.07, 6.45) is 1.75. The first-order valence-electron chi connectivity index (χ1n) is 4.76. The molecule has 4 heteroatoms. The van der Waals surface area contributed by atoms with Crippen LogP contribution in [0.25, 0.3) is 0 Å². The highest BCUT2D eigenvalue weighted by Gasteiger charge is 2.26. The Bertz CT molecular complexity index is 275. The van der Waals surface area contributed by atoms with Crippen molar-refractivity contribution in [3.63, 3.8) is 0 Å². The van der Waals surface area contributed by atoms with E-state index in [2.05, 4.69) is 44.8 Å². The molecule has 78 valence electrons. The van der Waals surface area contributed by atoms with Gasteiger partial charge in [0.05, 0.1) is 11.3 Å². The Morgan fingerprint density at radius 2 is 1.93 bits per heavy atom. The molecule has 1 heterocycles. The van der Waals surface area contributed by atoms with Gasteiger partial charge in [0.1, 0.15) is 0 Å². The zero-order valence-corrected chi connectivity index (χ0v) is 10.5. The molecule has 3 nitrogen and oxygen atoms in total. The Labute approximate surface area is 88.2 Å². The van der Waals surface area contributed by atoms with E-state index in [9.17, 15) is 0 Å². The monoisotopic (exact) mass is 210 g/mol. The molecular weight excluding hydrogens is 192 g/mol. The lowest BCUT2D eigenvalue weighted by Gasteiger charge is -2.27. The van der Waals surface area contributed by atoms with E-state index in [0.29, 0.717) is 9.76 Å². The molecule has 0 aliphatic rings. The standard InChI is InChI=1S/C10H18N2OSi/c1-9(2,3)14-13-10(4,5)8-6-7-11-12-8/h6-7H,1-5H3,(H,11,12). The van der Waals surface area contributed by atoms with Crippen molar-refractivity contribution in [3.8, 4) is 0 Å². The first-order chi connectivity index (χ1) is 6.31. The summed E-state index contributed by atoms with van der Waals surface area (Å²) in [4.78, 5) is 0. The second-order valence-electron chi connectivity index (χ2n) is 4.93. The predicted octanol–water partition coefficient (Wildman–Crippen LogP) is 2.50. The molecule has 0 fully saturated rings. The average Bonchev–Trinajstić information content (AvgIpc) is 2.52. The lowest BCUT2D eigenvalue weighted by Crippen LogP contribution is -2.28. The zero-order valence-electron chi connectivity index (χ0n) is 9.51. The quantitative estimate of drug-likeness (QED) is 0.778. The van der Waals surface area contributed by atoms with Crippen molar-refractivity contribution in [1.29, 1.82) is 0 Å². The molecule has 0 aromatic carbocycles. The SMILES string of the molecule is CC(C)(C)[Si]OC(C)(C)c1ccn[nH]1.